The Morgan fingerprint density at radius 1 is 1.21 bits per heavy atom. The molecule has 0 bridgehead atoms. The van der Waals surface area contributed by atoms with Gasteiger partial charge in [0.2, 0.25) is 5.91 Å². The van der Waals surface area contributed by atoms with Gasteiger partial charge in [-0.15, -0.1) is 0 Å². The summed E-state index contributed by atoms with van der Waals surface area (Å²) in [5.41, 5.74) is 5.22. The van der Waals surface area contributed by atoms with E-state index < -0.39 is 46.7 Å². The first-order valence-electron chi connectivity index (χ1n) is 6.76. The summed E-state index contributed by atoms with van der Waals surface area (Å²) in [6.45, 7) is 1.13. The maximum absolute atomic E-state index is 11.1. The van der Waals surface area contributed by atoms with Crippen LogP contribution >= 0.6 is 12.2 Å². The number of aromatic hydroxyl groups is 4. The minimum absolute atomic E-state index is 0.131. The molecule has 24 heavy (non-hydrogen) atoms. The molecule has 1 aromatic carbocycles. The number of hydrogen-bond donors (Lipinski definition) is 8. The average Bonchev–Trinajstić information content (AvgIpc) is 2.52. The molecule has 1 saturated heterocycles. The monoisotopic (exact) mass is 355 g/mol. The lowest BCUT2D eigenvalue weighted by atomic mass is 9.94. The summed E-state index contributed by atoms with van der Waals surface area (Å²) in [5.74, 6) is -3.49. The van der Waals surface area contributed by atoms with E-state index in [9.17, 15) is 25.2 Å². The van der Waals surface area contributed by atoms with Crippen molar-refractivity contribution < 1.29 is 25.2 Å². The molecule has 0 aromatic heterocycles. The van der Waals surface area contributed by atoms with Crippen molar-refractivity contribution in [1.29, 1.82) is 0 Å². The molecule has 0 radical (unpaired) electrons. The number of anilines is 1. The molecule has 1 aliphatic heterocycles. The van der Waals surface area contributed by atoms with E-state index in [1.165, 1.54) is 7.05 Å². The van der Waals surface area contributed by atoms with Crippen molar-refractivity contribution in [2.45, 2.75) is 19.0 Å². The van der Waals surface area contributed by atoms with E-state index >= 15 is 0 Å². The second-order valence-corrected chi connectivity index (χ2v) is 5.48. The molecule has 2 atom stereocenters. The number of nitrogens with one attached hydrogen (secondary N) is 3. The number of phenols is 4. The van der Waals surface area contributed by atoms with Gasteiger partial charge in [-0.25, -0.2) is 0 Å². The lowest BCUT2D eigenvalue weighted by Crippen LogP contribution is -2.59. The van der Waals surface area contributed by atoms with E-state index in [0.717, 1.165) is 6.92 Å². The second kappa shape index (κ2) is 6.37. The van der Waals surface area contributed by atoms with Gasteiger partial charge >= 0.3 is 0 Å². The fourth-order valence-corrected chi connectivity index (χ4v) is 2.62. The van der Waals surface area contributed by atoms with Crippen LogP contribution < -0.4 is 21.7 Å². The summed E-state index contributed by atoms with van der Waals surface area (Å²) < 4.78 is 0. The van der Waals surface area contributed by atoms with E-state index in [2.05, 4.69) is 20.9 Å². The summed E-state index contributed by atoms with van der Waals surface area (Å²) in [7, 11) is 1.47. The summed E-state index contributed by atoms with van der Waals surface area (Å²) in [4.78, 5) is 15.1. The van der Waals surface area contributed by atoms with Crippen LogP contribution in [-0.2, 0) is 4.79 Å². The number of phenolic OH excluding ortho intramolecular Hbond substituents is 4. The van der Waals surface area contributed by atoms with Crippen LogP contribution in [0, 0.1) is 0 Å². The smallest absolute Gasteiger partial charge is 0.221 e. The van der Waals surface area contributed by atoms with Crippen molar-refractivity contribution in [2.24, 2.45) is 10.7 Å². The number of amides is 1. The summed E-state index contributed by atoms with van der Waals surface area (Å²) in [6.07, 6.45) is 0. The van der Waals surface area contributed by atoms with Gasteiger partial charge in [0.25, 0.3) is 0 Å². The lowest BCUT2D eigenvalue weighted by molar-refractivity contribution is -0.114. The van der Waals surface area contributed by atoms with Gasteiger partial charge < -0.3 is 42.1 Å². The molecule has 1 fully saturated rings. The van der Waals surface area contributed by atoms with Gasteiger partial charge in [0, 0.05) is 14.0 Å². The summed E-state index contributed by atoms with van der Waals surface area (Å²) in [5, 5.41) is 48.3. The van der Waals surface area contributed by atoms with Gasteiger partial charge in [-0.3, -0.25) is 9.79 Å². The number of thiocarbonyl (C=S) groups is 1. The Morgan fingerprint density at radius 2 is 1.75 bits per heavy atom. The molecular formula is C13H17N5O5S. The third-order valence-electron chi connectivity index (χ3n) is 3.49. The highest BCUT2D eigenvalue weighted by atomic mass is 32.1. The zero-order valence-corrected chi connectivity index (χ0v) is 13.6. The number of benzene rings is 1. The van der Waals surface area contributed by atoms with Crippen molar-refractivity contribution in [2.75, 3.05) is 12.4 Å². The van der Waals surface area contributed by atoms with E-state index in [4.69, 9.17) is 18.0 Å². The van der Waals surface area contributed by atoms with Crippen LogP contribution in [0.1, 0.15) is 18.5 Å². The first-order valence-corrected chi connectivity index (χ1v) is 7.16. The highest BCUT2D eigenvalue weighted by Crippen LogP contribution is 2.52. The Morgan fingerprint density at radius 3 is 2.21 bits per heavy atom. The van der Waals surface area contributed by atoms with E-state index in [0.29, 0.717) is 0 Å². The number of hydrogen-bond acceptors (Lipinski definition) is 8. The van der Waals surface area contributed by atoms with Crippen LogP contribution in [0.2, 0.25) is 0 Å². The molecule has 1 amide bonds. The third-order valence-corrected chi connectivity index (χ3v) is 3.71. The van der Waals surface area contributed by atoms with Crippen LogP contribution in [-0.4, -0.2) is 50.4 Å². The molecule has 0 spiro atoms. The van der Waals surface area contributed by atoms with Gasteiger partial charge in [-0.1, -0.05) is 0 Å². The molecule has 0 aliphatic carbocycles. The number of nitrogens with two attached hydrogens (primary N) is 1. The molecule has 1 aliphatic rings. The minimum Gasteiger partial charge on any atom is -0.504 e. The van der Waals surface area contributed by atoms with E-state index in [1.807, 2.05) is 0 Å². The third kappa shape index (κ3) is 2.86. The quantitative estimate of drug-likeness (QED) is 0.195. The first-order chi connectivity index (χ1) is 11.2. The Hall–Kier alpha value is -2.79. The van der Waals surface area contributed by atoms with Crippen LogP contribution in [0.5, 0.6) is 23.0 Å². The molecule has 2 rings (SSSR count). The van der Waals surface area contributed by atoms with Crippen molar-refractivity contribution in [3.8, 4) is 23.0 Å². The van der Waals surface area contributed by atoms with Gasteiger partial charge in [-0.2, -0.15) is 0 Å². The van der Waals surface area contributed by atoms with Gasteiger partial charge in [0.1, 0.15) is 11.5 Å². The zero-order valence-electron chi connectivity index (χ0n) is 12.8. The lowest BCUT2D eigenvalue weighted by Gasteiger charge is -2.34. The number of nitrogens with zero attached hydrogens (tertiary/aromatic N) is 1. The van der Waals surface area contributed by atoms with Crippen molar-refractivity contribution >= 4 is 34.8 Å². The fraction of sp³-hybridized carbons (Fsp3) is 0.308. The molecule has 0 saturated carbocycles. The topological polar surface area (TPSA) is 172 Å². The number of rotatable bonds is 2. The maximum atomic E-state index is 11.1. The largest absolute Gasteiger partial charge is 0.504 e. The Bertz CT molecular complexity index is 722. The number of carbonyl (C=O) groups excluding carboxylic acids is 1. The number of aliphatic imine (C=N–C) groups is 1. The Kier molecular flexibility index (Phi) is 4.66. The van der Waals surface area contributed by atoms with Crippen LogP contribution in [0.25, 0.3) is 0 Å². The SMILES string of the molecule is CN=C1NC(=S)NC(c2c(O)c(O)c(NC(C)=O)c(O)c2O)C1N. The first kappa shape index (κ1) is 17.6. The molecule has 2 unspecified atom stereocenters. The van der Waals surface area contributed by atoms with Crippen LogP contribution in [0.15, 0.2) is 4.99 Å². The average molecular weight is 355 g/mol. The summed E-state index contributed by atoms with van der Waals surface area (Å²) >= 11 is 5.01. The van der Waals surface area contributed by atoms with Crippen LogP contribution in [0.3, 0.4) is 0 Å². The molecule has 1 heterocycles. The normalized spacial score (nSPS) is 22.0. The van der Waals surface area contributed by atoms with Gasteiger partial charge in [-0.05, 0) is 12.2 Å². The van der Waals surface area contributed by atoms with Gasteiger partial charge in [0.05, 0.1) is 17.6 Å². The predicted octanol–water partition coefficient (Wildman–Crippen LogP) is -0.658. The molecule has 11 heteroatoms. The molecular weight excluding hydrogens is 338 g/mol. The minimum atomic E-state index is -0.986. The van der Waals surface area contributed by atoms with Gasteiger partial charge in [0.15, 0.2) is 28.1 Å². The highest BCUT2D eigenvalue weighted by Gasteiger charge is 2.37. The van der Waals surface area contributed by atoms with E-state index in [-0.39, 0.29) is 16.5 Å². The maximum Gasteiger partial charge on any atom is 0.221 e. The highest BCUT2D eigenvalue weighted by molar-refractivity contribution is 7.80. The predicted molar refractivity (Wildman–Crippen MR) is 90.3 cm³/mol. The van der Waals surface area contributed by atoms with Crippen molar-refractivity contribution in [3.63, 3.8) is 0 Å². The molecule has 130 valence electrons. The molecule has 1 aromatic rings. The van der Waals surface area contributed by atoms with E-state index in [1.54, 1.807) is 0 Å². The Labute approximate surface area is 142 Å². The Balaban J connectivity index is 2.63. The number of amidine groups is 1. The van der Waals surface area contributed by atoms with Crippen molar-refractivity contribution in [1.82, 2.24) is 10.6 Å². The fourth-order valence-electron chi connectivity index (χ4n) is 2.39. The van der Waals surface area contributed by atoms with Crippen molar-refractivity contribution in [3.05, 3.63) is 5.56 Å². The second-order valence-electron chi connectivity index (χ2n) is 5.08. The summed E-state index contributed by atoms with van der Waals surface area (Å²) in [6, 6.07) is -1.86. The standard InChI is InChI=1S/C13H17N5O5S/c1-3(19)16-7-10(22)8(20)4(9(21)11(7)23)6-5(14)12(15-2)18-13(24)17-6/h5-6,20-23H,14H2,1-2H3,(H,16,19)(H2,15,17,18,24). The zero-order chi connectivity index (χ0) is 18.2. The molecule has 9 N–H and O–H groups in total. The number of carbonyl (C=O) groups is 1. The molecule has 10 nitrogen and oxygen atoms in total. The van der Waals surface area contributed by atoms with Crippen LogP contribution in [0.4, 0.5) is 5.69 Å².